The van der Waals surface area contributed by atoms with Gasteiger partial charge in [-0.15, -0.1) is 0 Å². The largest absolute Gasteiger partial charge is 0.444 e. The molecular formula is C20H24FN3O3. The number of piperidine rings is 1. The third-order valence-electron chi connectivity index (χ3n) is 5.08. The molecule has 1 atom stereocenters. The number of nitrogens with zero attached hydrogens (tertiary/aromatic N) is 3. The first-order chi connectivity index (χ1) is 12.6. The molecule has 1 aromatic rings. The molecule has 2 heterocycles. The molecule has 2 amide bonds. The van der Waals surface area contributed by atoms with Crippen LogP contribution >= 0.6 is 0 Å². The Bertz CT molecular complexity index is 817. The van der Waals surface area contributed by atoms with Crippen LogP contribution in [0.2, 0.25) is 0 Å². The van der Waals surface area contributed by atoms with Gasteiger partial charge in [-0.2, -0.15) is 5.26 Å². The minimum atomic E-state index is -0.549. The molecular weight excluding hydrogens is 349 g/mol. The van der Waals surface area contributed by atoms with Gasteiger partial charge in [0.15, 0.2) is 0 Å². The van der Waals surface area contributed by atoms with Crippen molar-refractivity contribution in [2.24, 2.45) is 0 Å². The summed E-state index contributed by atoms with van der Waals surface area (Å²) in [6.45, 7) is 8.31. The van der Waals surface area contributed by atoms with Crippen LogP contribution in [0.3, 0.4) is 0 Å². The molecule has 2 aliphatic heterocycles. The van der Waals surface area contributed by atoms with Gasteiger partial charge in [-0.25, -0.2) is 9.18 Å². The van der Waals surface area contributed by atoms with Crippen molar-refractivity contribution in [3.63, 3.8) is 0 Å². The van der Waals surface area contributed by atoms with Gasteiger partial charge in [0, 0.05) is 19.1 Å². The van der Waals surface area contributed by atoms with Crippen molar-refractivity contribution in [2.75, 3.05) is 13.1 Å². The Morgan fingerprint density at radius 2 is 1.93 bits per heavy atom. The summed E-state index contributed by atoms with van der Waals surface area (Å²) in [6.07, 6.45) is 0.889. The monoisotopic (exact) mass is 373 g/mol. The maximum absolute atomic E-state index is 13.8. The van der Waals surface area contributed by atoms with Gasteiger partial charge in [-0.3, -0.25) is 4.79 Å². The molecule has 2 aliphatic rings. The van der Waals surface area contributed by atoms with Crippen LogP contribution in [0.25, 0.3) is 0 Å². The summed E-state index contributed by atoms with van der Waals surface area (Å²) < 4.78 is 19.2. The molecule has 7 heteroatoms. The van der Waals surface area contributed by atoms with Crippen molar-refractivity contribution in [1.29, 1.82) is 5.26 Å². The number of carbonyl (C=O) groups is 2. The zero-order chi connectivity index (χ0) is 19.9. The third-order valence-corrected chi connectivity index (χ3v) is 5.08. The molecule has 0 bridgehead atoms. The normalized spacial score (nSPS) is 20.4. The van der Waals surface area contributed by atoms with Crippen LogP contribution in [-0.2, 0) is 4.74 Å². The van der Waals surface area contributed by atoms with E-state index in [4.69, 9.17) is 4.74 Å². The van der Waals surface area contributed by atoms with Crippen LogP contribution < -0.4 is 0 Å². The first-order valence-electron chi connectivity index (χ1n) is 9.16. The van der Waals surface area contributed by atoms with Gasteiger partial charge in [-0.1, -0.05) is 0 Å². The second-order valence-corrected chi connectivity index (χ2v) is 8.12. The Morgan fingerprint density at radius 1 is 1.30 bits per heavy atom. The van der Waals surface area contributed by atoms with Crippen LogP contribution in [0.15, 0.2) is 12.1 Å². The fraction of sp³-hybridized carbons (Fsp3) is 0.550. The highest BCUT2D eigenvalue weighted by molar-refractivity contribution is 6.01. The number of ether oxygens (including phenoxy) is 1. The molecule has 0 N–H and O–H groups in total. The van der Waals surface area contributed by atoms with Crippen molar-refractivity contribution in [1.82, 2.24) is 9.80 Å². The maximum Gasteiger partial charge on any atom is 0.410 e. The van der Waals surface area contributed by atoms with E-state index >= 15 is 0 Å². The zero-order valence-electron chi connectivity index (χ0n) is 16.1. The lowest BCUT2D eigenvalue weighted by atomic mass is 10.00. The van der Waals surface area contributed by atoms with Crippen LogP contribution in [-0.4, -0.2) is 46.5 Å². The molecule has 6 nitrogen and oxygen atoms in total. The van der Waals surface area contributed by atoms with Crippen LogP contribution in [0.5, 0.6) is 0 Å². The van der Waals surface area contributed by atoms with Crippen molar-refractivity contribution in [3.05, 3.63) is 34.6 Å². The van der Waals surface area contributed by atoms with Crippen molar-refractivity contribution in [3.8, 4) is 6.07 Å². The van der Waals surface area contributed by atoms with Crippen molar-refractivity contribution >= 4 is 12.0 Å². The van der Waals surface area contributed by atoms with E-state index in [0.29, 0.717) is 37.1 Å². The summed E-state index contributed by atoms with van der Waals surface area (Å²) in [4.78, 5) is 28.5. The van der Waals surface area contributed by atoms with Crippen molar-refractivity contribution in [2.45, 2.75) is 58.2 Å². The number of carbonyl (C=O) groups excluding carboxylic acids is 2. The van der Waals surface area contributed by atoms with E-state index in [1.54, 1.807) is 9.80 Å². The fourth-order valence-electron chi connectivity index (χ4n) is 3.87. The number of amides is 2. The highest BCUT2D eigenvalue weighted by atomic mass is 19.1. The Hall–Kier alpha value is -2.62. The molecule has 1 fully saturated rings. The number of rotatable bonds is 1. The average molecular weight is 373 g/mol. The second kappa shape index (κ2) is 6.84. The predicted molar refractivity (Wildman–Crippen MR) is 96.5 cm³/mol. The molecule has 0 saturated carbocycles. The molecule has 1 aromatic carbocycles. The van der Waals surface area contributed by atoms with Gasteiger partial charge in [0.25, 0.3) is 5.91 Å². The highest BCUT2D eigenvalue weighted by Gasteiger charge is 2.41. The van der Waals surface area contributed by atoms with Crippen LogP contribution in [0.1, 0.15) is 68.1 Å². The number of fused-ring (bicyclic) bond motifs is 1. The molecule has 1 unspecified atom stereocenters. The SMILES string of the molecule is CC1c2cc(F)cc(C#N)c2C(=O)N1C1CCN(C(=O)OC(C)(C)C)CC1. The lowest BCUT2D eigenvalue weighted by Crippen LogP contribution is -2.48. The lowest BCUT2D eigenvalue weighted by Gasteiger charge is -2.39. The Morgan fingerprint density at radius 3 is 2.48 bits per heavy atom. The molecule has 3 rings (SSSR count). The van der Waals surface area contributed by atoms with Gasteiger partial charge in [0.1, 0.15) is 17.5 Å². The minimum Gasteiger partial charge on any atom is -0.444 e. The standard InChI is InChI=1S/C20H24FN3O3/c1-12-16-10-14(21)9-13(11-22)17(16)18(25)24(12)15-5-7-23(8-6-15)19(26)27-20(2,3)4/h9-10,12,15H,5-8H2,1-4H3. The summed E-state index contributed by atoms with van der Waals surface area (Å²) >= 11 is 0. The first-order valence-corrected chi connectivity index (χ1v) is 9.16. The Labute approximate surface area is 158 Å². The molecule has 0 aromatic heterocycles. The molecule has 27 heavy (non-hydrogen) atoms. The van der Waals surface area contributed by atoms with E-state index in [0.717, 1.165) is 6.07 Å². The highest BCUT2D eigenvalue weighted by Crippen LogP contribution is 2.39. The smallest absolute Gasteiger partial charge is 0.410 e. The number of benzene rings is 1. The topological polar surface area (TPSA) is 73.6 Å². The van der Waals surface area contributed by atoms with E-state index in [1.807, 2.05) is 33.8 Å². The van der Waals surface area contributed by atoms with Gasteiger partial charge < -0.3 is 14.5 Å². The van der Waals surface area contributed by atoms with Crippen LogP contribution in [0.4, 0.5) is 9.18 Å². The zero-order valence-corrected chi connectivity index (χ0v) is 16.1. The predicted octanol–water partition coefficient (Wildman–Crippen LogP) is 3.61. The number of nitriles is 1. The fourth-order valence-corrected chi connectivity index (χ4v) is 3.87. The lowest BCUT2D eigenvalue weighted by molar-refractivity contribution is 0.0132. The van der Waals surface area contributed by atoms with E-state index in [9.17, 15) is 19.2 Å². The number of likely N-dealkylation sites (tertiary alicyclic amines) is 1. The quantitative estimate of drug-likeness (QED) is 0.754. The summed E-state index contributed by atoms with van der Waals surface area (Å²) in [6, 6.07) is 4.02. The maximum atomic E-state index is 13.8. The van der Waals surface area contributed by atoms with E-state index in [-0.39, 0.29) is 29.6 Å². The Balaban J connectivity index is 1.73. The summed E-state index contributed by atoms with van der Waals surface area (Å²) in [5.74, 6) is -0.740. The second-order valence-electron chi connectivity index (χ2n) is 8.12. The first kappa shape index (κ1) is 19.2. The summed E-state index contributed by atoms with van der Waals surface area (Å²) in [5, 5.41) is 9.27. The summed E-state index contributed by atoms with van der Waals surface area (Å²) in [5.41, 5.74) is 0.398. The van der Waals surface area contributed by atoms with Gasteiger partial charge in [0.2, 0.25) is 0 Å². The molecule has 0 spiro atoms. The van der Waals surface area contributed by atoms with Crippen LogP contribution in [0, 0.1) is 17.1 Å². The van der Waals surface area contributed by atoms with E-state index in [1.165, 1.54) is 6.07 Å². The van der Waals surface area contributed by atoms with Crippen molar-refractivity contribution < 1.29 is 18.7 Å². The minimum absolute atomic E-state index is 0.0619. The van der Waals surface area contributed by atoms with Gasteiger partial charge in [-0.05, 0) is 58.2 Å². The Kier molecular flexibility index (Phi) is 4.85. The summed E-state index contributed by atoms with van der Waals surface area (Å²) in [7, 11) is 0. The molecule has 0 aliphatic carbocycles. The number of hydrogen-bond donors (Lipinski definition) is 0. The van der Waals surface area contributed by atoms with Gasteiger partial charge in [0.05, 0.1) is 17.2 Å². The number of hydrogen-bond acceptors (Lipinski definition) is 4. The molecule has 144 valence electrons. The average Bonchev–Trinajstić information content (AvgIpc) is 2.83. The number of halogens is 1. The van der Waals surface area contributed by atoms with E-state index < -0.39 is 11.4 Å². The van der Waals surface area contributed by atoms with Gasteiger partial charge >= 0.3 is 6.09 Å². The van der Waals surface area contributed by atoms with E-state index in [2.05, 4.69) is 0 Å². The molecule has 0 radical (unpaired) electrons. The molecule has 1 saturated heterocycles. The third kappa shape index (κ3) is 3.61.